The van der Waals surface area contributed by atoms with Crippen molar-refractivity contribution in [3.05, 3.63) is 34.9 Å². The third-order valence-corrected chi connectivity index (χ3v) is 7.71. The Kier molecular flexibility index (Phi) is 6.97. The normalized spacial score (nSPS) is 24.0. The van der Waals surface area contributed by atoms with Crippen molar-refractivity contribution in [3.8, 4) is 0 Å². The Morgan fingerprint density at radius 2 is 1.95 bits per heavy atom. The average molecular weight is 324 g/mol. The molecule has 21 heavy (non-hydrogen) atoms. The quantitative estimate of drug-likeness (QED) is 0.830. The van der Waals surface area contributed by atoms with Crippen LogP contribution in [0.15, 0.2) is 18.2 Å². The number of benzene rings is 1. The molecule has 1 aromatic rings. The predicted molar refractivity (Wildman–Crippen MR) is 99.9 cm³/mol. The van der Waals surface area contributed by atoms with Gasteiger partial charge in [0, 0.05) is 28.0 Å². The molecule has 3 atom stereocenters. The molecule has 0 radical (unpaired) electrons. The van der Waals surface area contributed by atoms with Gasteiger partial charge in [0.15, 0.2) is 0 Å². The van der Waals surface area contributed by atoms with E-state index >= 15 is 0 Å². The molecule has 118 valence electrons. The van der Waals surface area contributed by atoms with Crippen LogP contribution in [-0.2, 0) is 6.42 Å². The summed E-state index contributed by atoms with van der Waals surface area (Å²) in [7, 11) is 0. The fraction of sp³-hybridized carbons (Fsp3) is 0.667. The lowest BCUT2D eigenvalue weighted by Gasteiger charge is -2.36. The Labute approximate surface area is 139 Å². The molecule has 0 saturated carbocycles. The van der Waals surface area contributed by atoms with Crippen LogP contribution in [0.3, 0.4) is 0 Å². The topological polar surface area (TPSA) is 12.0 Å². The van der Waals surface area contributed by atoms with Gasteiger partial charge in [0.2, 0.25) is 0 Å². The lowest BCUT2D eigenvalue weighted by Crippen LogP contribution is -2.46. The summed E-state index contributed by atoms with van der Waals surface area (Å²) in [6.45, 7) is 10.1. The van der Waals surface area contributed by atoms with Crippen molar-refractivity contribution >= 4 is 23.5 Å². The van der Waals surface area contributed by atoms with Crippen LogP contribution in [-0.4, -0.2) is 34.6 Å². The minimum absolute atomic E-state index is 0.596. The summed E-state index contributed by atoms with van der Waals surface area (Å²) in [6.07, 6.45) is 2.45. The van der Waals surface area contributed by atoms with Gasteiger partial charge in [0.1, 0.15) is 0 Å². The Morgan fingerprint density at radius 3 is 2.67 bits per heavy atom. The number of hydrogen-bond acceptors (Lipinski definition) is 3. The molecule has 1 nitrogen and oxygen atoms in total. The van der Waals surface area contributed by atoms with Crippen LogP contribution in [0.1, 0.15) is 37.0 Å². The van der Waals surface area contributed by atoms with Crippen molar-refractivity contribution in [2.45, 2.75) is 57.1 Å². The average Bonchev–Trinajstić information content (AvgIpc) is 2.50. The summed E-state index contributed by atoms with van der Waals surface area (Å²) in [5.74, 6) is 2.63. The predicted octanol–water partition coefficient (Wildman–Crippen LogP) is 4.45. The van der Waals surface area contributed by atoms with Gasteiger partial charge in [-0.1, -0.05) is 37.6 Å². The minimum atomic E-state index is 0.596. The van der Waals surface area contributed by atoms with Gasteiger partial charge in [-0.2, -0.15) is 23.5 Å². The summed E-state index contributed by atoms with van der Waals surface area (Å²) >= 11 is 4.37. The molecule has 1 aromatic carbocycles. The molecule has 1 N–H and O–H groups in total. The van der Waals surface area contributed by atoms with Gasteiger partial charge in [-0.25, -0.2) is 0 Å². The first-order valence-corrected chi connectivity index (χ1v) is 10.3. The second-order valence-electron chi connectivity index (χ2n) is 5.95. The van der Waals surface area contributed by atoms with E-state index in [1.54, 1.807) is 0 Å². The number of rotatable bonds is 6. The number of nitrogens with one attached hydrogen (secondary N) is 1. The summed E-state index contributed by atoms with van der Waals surface area (Å²) in [6, 6.07) is 7.47. The molecule has 1 aliphatic heterocycles. The molecule has 1 saturated heterocycles. The summed E-state index contributed by atoms with van der Waals surface area (Å²) in [4.78, 5) is 0. The van der Waals surface area contributed by atoms with Crippen LogP contribution < -0.4 is 5.32 Å². The van der Waals surface area contributed by atoms with Crippen LogP contribution >= 0.6 is 23.5 Å². The zero-order chi connectivity index (χ0) is 15.2. The monoisotopic (exact) mass is 323 g/mol. The zero-order valence-corrected chi connectivity index (χ0v) is 15.4. The highest BCUT2D eigenvalue weighted by atomic mass is 32.2. The molecule has 1 aliphatic rings. The SMILES string of the molecule is CCNC(Cc1cc(C)ccc1C)C1SCCSC1CC. The Bertz CT molecular complexity index is 447. The largest absolute Gasteiger partial charge is 0.313 e. The number of likely N-dealkylation sites (N-methyl/N-ethyl adjacent to an activating group) is 1. The van der Waals surface area contributed by atoms with Crippen molar-refractivity contribution in [1.82, 2.24) is 5.32 Å². The summed E-state index contributed by atoms with van der Waals surface area (Å²) in [5, 5.41) is 5.33. The summed E-state index contributed by atoms with van der Waals surface area (Å²) < 4.78 is 0. The molecular formula is C18H29NS2. The maximum atomic E-state index is 3.78. The molecule has 0 aromatic heterocycles. The molecule has 1 heterocycles. The van der Waals surface area contributed by atoms with Gasteiger partial charge in [0.05, 0.1) is 0 Å². The van der Waals surface area contributed by atoms with E-state index in [9.17, 15) is 0 Å². The minimum Gasteiger partial charge on any atom is -0.313 e. The third kappa shape index (κ3) is 4.67. The highest BCUT2D eigenvalue weighted by molar-refractivity contribution is 8.07. The molecular weight excluding hydrogens is 294 g/mol. The van der Waals surface area contributed by atoms with E-state index in [-0.39, 0.29) is 0 Å². The van der Waals surface area contributed by atoms with Gasteiger partial charge < -0.3 is 5.32 Å². The van der Waals surface area contributed by atoms with Crippen LogP contribution in [0, 0.1) is 13.8 Å². The fourth-order valence-corrected chi connectivity index (χ4v) is 6.40. The maximum absolute atomic E-state index is 3.78. The van der Waals surface area contributed by atoms with Gasteiger partial charge in [-0.3, -0.25) is 0 Å². The molecule has 0 amide bonds. The lowest BCUT2D eigenvalue weighted by molar-refractivity contribution is 0.489. The molecule has 0 spiro atoms. The smallest absolute Gasteiger partial charge is 0.0323 e. The number of thioether (sulfide) groups is 2. The standard InChI is InChI=1S/C18H29NS2/c1-5-17-18(21-10-9-20-17)16(19-6-2)12-15-11-13(3)7-8-14(15)4/h7-8,11,16-19H,5-6,9-10,12H2,1-4H3. The van der Waals surface area contributed by atoms with E-state index in [4.69, 9.17) is 0 Å². The Balaban J connectivity index is 2.15. The number of aryl methyl sites for hydroxylation is 2. The van der Waals surface area contributed by atoms with E-state index in [1.165, 1.54) is 34.6 Å². The molecule has 3 heteroatoms. The first kappa shape index (κ1) is 17.2. The molecule has 0 aliphatic carbocycles. The third-order valence-electron chi connectivity index (χ3n) is 4.30. The Morgan fingerprint density at radius 1 is 1.19 bits per heavy atom. The molecule has 0 bridgehead atoms. The van der Waals surface area contributed by atoms with Crippen molar-refractivity contribution in [2.24, 2.45) is 0 Å². The van der Waals surface area contributed by atoms with Crippen LogP contribution in [0.25, 0.3) is 0 Å². The van der Waals surface area contributed by atoms with Gasteiger partial charge in [0.25, 0.3) is 0 Å². The fourth-order valence-electron chi connectivity index (χ4n) is 3.14. The first-order chi connectivity index (χ1) is 10.2. The van der Waals surface area contributed by atoms with Gasteiger partial charge in [-0.05, 0) is 44.4 Å². The second kappa shape index (κ2) is 8.50. The summed E-state index contributed by atoms with van der Waals surface area (Å²) in [5.41, 5.74) is 4.33. The van der Waals surface area contributed by atoms with Crippen LogP contribution in [0.5, 0.6) is 0 Å². The zero-order valence-electron chi connectivity index (χ0n) is 13.8. The highest BCUT2D eigenvalue weighted by Crippen LogP contribution is 2.36. The highest BCUT2D eigenvalue weighted by Gasteiger charge is 2.31. The van der Waals surface area contributed by atoms with Gasteiger partial charge >= 0.3 is 0 Å². The molecule has 3 unspecified atom stereocenters. The number of hydrogen-bond donors (Lipinski definition) is 1. The van der Waals surface area contributed by atoms with Crippen molar-refractivity contribution in [1.29, 1.82) is 0 Å². The van der Waals surface area contributed by atoms with Crippen molar-refractivity contribution in [3.63, 3.8) is 0 Å². The van der Waals surface area contributed by atoms with E-state index in [0.29, 0.717) is 6.04 Å². The molecule has 1 fully saturated rings. The second-order valence-corrected chi connectivity index (χ2v) is 8.58. The lowest BCUT2D eigenvalue weighted by atomic mass is 9.95. The van der Waals surface area contributed by atoms with Crippen molar-refractivity contribution < 1.29 is 0 Å². The van der Waals surface area contributed by atoms with E-state index in [1.807, 2.05) is 0 Å². The Hall–Kier alpha value is -0.120. The maximum Gasteiger partial charge on any atom is 0.0323 e. The molecule has 2 rings (SSSR count). The van der Waals surface area contributed by atoms with E-state index < -0.39 is 0 Å². The van der Waals surface area contributed by atoms with Gasteiger partial charge in [-0.15, -0.1) is 0 Å². The van der Waals surface area contributed by atoms with E-state index in [2.05, 4.69) is 74.7 Å². The first-order valence-electron chi connectivity index (χ1n) is 8.18. The van der Waals surface area contributed by atoms with E-state index in [0.717, 1.165) is 23.5 Å². The van der Waals surface area contributed by atoms with Crippen molar-refractivity contribution in [2.75, 3.05) is 18.1 Å². The van der Waals surface area contributed by atoms with Crippen LogP contribution in [0.2, 0.25) is 0 Å². The van der Waals surface area contributed by atoms with Crippen LogP contribution in [0.4, 0.5) is 0 Å².